The van der Waals surface area contributed by atoms with Crippen LogP contribution in [0.2, 0.25) is 0 Å². The fraction of sp³-hybridized carbons (Fsp3) is 0.533. The quantitative estimate of drug-likeness (QED) is 0.712. The summed E-state index contributed by atoms with van der Waals surface area (Å²) in [6.07, 6.45) is 0.958. The molecule has 20 heavy (non-hydrogen) atoms. The summed E-state index contributed by atoms with van der Waals surface area (Å²) in [5.74, 6) is 1.47. The Morgan fingerprint density at radius 3 is 2.70 bits per heavy atom. The standard InChI is InChI=1S/C15H23NO4/c1-11(9-15(18)16-7-4-8-17)13-6-5-12(19-2)10-14(13)20-3/h5-6,10-11,17H,4,7-9H2,1-3H3,(H,16,18). The van der Waals surface area contributed by atoms with Gasteiger partial charge in [0.05, 0.1) is 14.2 Å². The van der Waals surface area contributed by atoms with E-state index in [1.54, 1.807) is 14.2 Å². The predicted octanol–water partition coefficient (Wildman–Crippen LogP) is 1.70. The van der Waals surface area contributed by atoms with E-state index in [0.717, 1.165) is 17.1 Å². The lowest BCUT2D eigenvalue weighted by Gasteiger charge is -2.16. The summed E-state index contributed by atoms with van der Waals surface area (Å²) in [7, 11) is 3.21. The van der Waals surface area contributed by atoms with Crippen molar-refractivity contribution in [2.75, 3.05) is 27.4 Å². The molecular formula is C15H23NO4. The van der Waals surface area contributed by atoms with Crippen molar-refractivity contribution in [3.63, 3.8) is 0 Å². The van der Waals surface area contributed by atoms with Crippen LogP contribution in [-0.2, 0) is 4.79 Å². The number of carbonyl (C=O) groups is 1. The van der Waals surface area contributed by atoms with E-state index < -0.39 is 0 Å². The van der Waals surface area contributed by atoms with Crippen LogP contribution in [0.25, 0.3) is 0 Å². The zero-order valence-electron chi connectivity index (χ0n) is 12.3. The third kappa shape index (κ3) is 4.74. The van der Waals surface area contributed by atoms with E-state index in [9.17, 15) is 4.79 Å². The van der Waals surface area contributed by atoms with Crippen molar-refractivity contribution in [2.45, 2.75) is 25.7 Å². The van der Waals surface area contributed by atoms with Gasteiger partial charge in [0.25, 0.3) is 0 Å². The van der Waals surface area contributed by atoms with E-state index in [4.69, 9.17) is 14.6 Å². The van der Waals surface area contributed by atoms with Crippen LogP contribution in [-0.4, -0.2) is 38.4 Å². The van der Waals surface area contributed by atoms with Crippen LogP contribution < -0.4 is 14.8 Å². The number of amides is 1. The van der Waals surface area contributed by atoms with Gasteiger partial charge in [0, 0.05) is 25.6 Å². The minimum absolute atomic E-state index is 0.0242. The molecule has 0 aliphatic carbocycles. The number of hydrogen-bond acceptors (Lipinski definition) is 4. The van der Waals surface area contributed by atoms with Crippen molar-refractivity contribution < 1.29 is 19.4 Å². The Bertz CT molecular complexity index is 434. The lowest BCUT2D eigenvalue weighted by molar-refractivity contribution is -0.121. The summed E-state index contributed by atoms with van der Waals surface area (Å²) < 4.78 is 10.5. The van der Waals surface area contributed by atoms with Gasteiger partial charge in [-0.2, -0.15) is 0 Å². The van der Waals surface area contributed by atoms with E-state index in [2.05, 4.69) is 5.32 Å². The van der Waals surface area contributed by atoms with E-state index >= 15 is 0 Å². The number of hydrogen-bond donors (Lipinski definition) is 2. The molecule has 1 aromatic rings. The third-order valence-corrected chi connectivity index (χ3v) is 3.12. The monoisotopic (exact) mass is 281 g/mol. The smallest absolute Gasteiger partial charge is 0.220 e. The highest BCUT2D eigenvalue weighted by atomic mass is 16.5. The molecule has 0 heterocycles. The molecule has 0 fully saturated rings. The Morgan fingerprint density at radius 1 is 1.35 bits per heavy atom. The van der Waals surface area contributed by atoms with Crippen LogP contribution in [0.3, 0.4) is 0 Å². The second-order valence-electron chi connectivity index (χ2n) is 4.64. The van der Waals surface area contributed by atoms with Crippen LogP contribution in [0.4, 0.5) is 0 Å². The van der Waals surface area contributed by atoms with E-state index in [-0.39, 0.29) is 18.4 Å². The molecule has 0 aromatic heterocycles. The summed E-state index contributed by atoms with van der Waals surface area (Å²) >= 11 is 0. The molecule has 0 saturated heterocycles. The van der Waals surface area contributed by atoms with Gasteiger partial charge in [-0.1, -0.05) is 13.0 Å². The van der Waals surface area contributed by atoms with Gasteiger partial charge in [0.2, 0.25) is 5.91 Å². The highest BCUT2D eigenvalue weighted by Gasteiger charge is 2.15. The van der Waals surface area contributed by atoms with Crippen LogP contribution in [0.5, 0.6) is 11.5 Å². The summed E-state index contributed by atoms with van der Waals surface area (Å²) in [5.41, 5.74) is 0.977. The fourth-order valence-electron chi connectivity index (χ4n) is 1.99. The predicted molar refractivity (Wildman–Crippen MR) is 77.3 cm³/mol. The van der Waals surface area contributed by atoms with Crippen LogP contribution >= 0.6 is 0 Å². The molecular weight excluding hydrogens is 258 g/mol. The molecule has 1 aromatic carbocycles. The van der Waals surface area contributed by atoms with Gasteiger partial charge in [-0.15, -0.1) is 0 Å². The minimum atomic E-state index is -0.0242. The van der Waals surface area contributed by atoms with Gasteiger partial charge in [-0.25, -0.2) is 0 Å². The Balaban J connectivity index is 2.66. The number of carbonyl (C=O) groups excluding carboxylic acids is 1. The van der Waals surface area contributed by atoms with Gasteiger partial charge in [0.15, 0.2) is 0 Å². The van der Waals surface area contributed by atoms with Crippen LogP contribution in [0, 0.1) is 0 Å². The maximum absolute atomic E-state index is 11.8. The molecule has 0 bridgehead atoms. The average Bonchev–Trinajstić information content (AvgIpc) is 2.46. The minimum Gasteiger partial charge on any atom is -0.497 e. The molecule has 0 aliphatic rings. The molecule has 5 nitrogen and oxygen atoms in total. The summed E-state index contributed by atoms with van der Waals surface area (Å²) in [6, 6.07) is 5.59. The normalized spacial score (nSPS) is 11.8. The number of ether oxygens (including phenoxy) is 2. The zero-order chi connectivity index (χ0) is 15.0. The first-order chi connectivity index (χ1) is 9.62. The summed E-state index contributed by atoms with van der Waals surface area (Å²) in [6.45, 7) is 2.57. The lowest BCUT2D eigenvalue weighted by atomic mass is 9.96. The number of rotatable bonds is 8. The average molecular weight is 281 g/mol. The van der Waals surface area contributed by atoms with Gasteiger partial charge < -0.3 is 19.9 Å². The van der Waals surface area contributed by atoms with Gasteiger partial charge in [-0.05, 0) is 24.0 Å². The largest absolute Gasteiger partial charge is 0.497 e. The molecule has 1 atom stereocenters. The maximum Gasteiger partial charge on any atom is 0.220 e. The highest BCUT2D eigenvalue weighted by Crippen LogP contribution is 2.31. The Labute approximate surface area is 119 Å². The molecule has 1 rings (SSSR count). The van der Waals surface area contributed by atoms with Crippen LogP contribution in [0.1, 0.15) is 31.2 Å². The molecule has 0 spiro atoms. The fourth-order valence-corrected chi connectivity index (χ4v) is 1.99. The van der Waals surface area contributed by atoms with E-state index in [0.29, 0.717) is 19.4 Å². The number of benzene rings is 1. The molecule has 112 valence electrons. The topological polar surface area (TPSA) is 67.8 Å². The number of methoxy groups -OCH3 is 2. The Kier molecular flexibility index (Phi) is 6.87. The lowest BCUT2D eigenvalue weighted by Crippen LogP contribution is -2.26. The van der Waals surface area contributed by atoms with Gasteiger partial charge in [-0.3, -0.25) is 4.79 Å². The molecule has 2 N–H and O–H groups in total. The maximum atomic E-state index is 11.8. The molecule has 0 radical (unpaired) electrons. The molecule has 1 unspecified atom stereocenters. The number of nitrogens with one attached hydrogen (secondary N) is 1. The van der Waals surface area contributed by atoms with E-state index in [1.165, 1.54) is 0 Å². The Hall–Kier alpha value is -1.75. The van der Waals surface area contributed by atoms with Crippen molar-refractivity contribution in [1.29, 1.82) is 0 Å². The van der Waals surface area contributed by atoms with Gasteiger partial charge in [0.1, 0.15) is 11.5 Å². The molecule has 0 aliphatic heterocycles. The third-order valence-electron chi connectivity index (χ3n) is 3.12. The van der Waals surface area contributed by atoms with E-state index in [1.807, 2.05) is 25.1 Å². The molecule has 0 saturated carbocycles. The van der Waals surface area contributed by atoms with Crippen molar-refractivity contribution >= 4 is 5.91 Å². The second kappa shape index (κ2) is 8.43. The first-order valence-electron chi connectivity index (χ1n) is 6.71. The highest BCUT2D eigenvalue weighted by molar-refractivity contribution is 5.77. The number of aliphatic hydroxyl groups excluding tert-OH is 1. The van der Waals surface area contributed by atoms with Crippen LogP contribution in [0.15, 0.2) is 18.2 Å². The molecule has 5 heteroatoms. The van der Waals surface area contributed by atoms with Crippen molar-refractivity contribution in [3.05, 3.63) is 23.8 Å². The Morgan fingerprint density at radius 2 is 2.10 bits per heavy atom. The second-order valence-corrected chi connectivity index (χ2v) is 4.64. The van der Waals surface area contributed by atoms with Gasteiger partial charge >= 0.3 is 0 Å². The van der Waals surface area contributed by atoms with Crippen molar-refractivity contribution in [1.82, 2.24) is 5.32 Å². The number of aliphatic hydroxyl groups is 1. The van der Waals surface area contributed by atoms with Crippen molar-refractivity contribution in [2.24, 2.45) is 0 Å². The SMILES string of the molecule is COc1ccc(C(C)CC(=O)NCCCO)c(OC)c1. The zero-order valence-corrected chi connectivity index (χ0v) is 12.3. The molecule has 1 amide bonds. The summed E-state index contributed by atoms with van der Waals surface area (Å²) in [4.78, 5) is 11.8. The van der Waals surface area contributed by atoms with Crippen molar-refractivity contribution in [3.8, 4) is 11.5 Å². The first kappa shape index (κ1) is 16.3. The first-order valence-corrected chi connectivity index (χ1v) is 6.71. The summed E-state index contributed by atoms with van der Waals surface area (Å²) in [5, 5.41) is 11.5.